The molecule has 1 aliphatic heterocycles. The average Bonchev–Trinajstić information content (AvgIpc) is 3.21. The smallest absolute Gasteiger partial charge is 0.264 e. The third kappa shape index (κ3) is 4.77. The van der Waals surface area contributed by atoms with Crippen molar-refractivity contribution in [3.63, 3.8) is 0 Å². The van der Waals surface area contributed by atoms with Crippen molar-refractivity contribution in [1.82, 2.24) is 19.9 Å². The highest BCUT2D eigenvalue weighted by atomic mass is 32.1. The largest absolute Gasteiger partial charge is 0.493 e. The number of carbonyl (C=O) groups excluding carboxylic acids is 1. The van der Waals surface area contributed by atoms with Gasteiger partial charge in [0, 0.05) is 43.5 Å². The highest BCUT2D eigenvalue weighted by molar-refractivity contribution is 7.20. The highest BCUT2D eigenvalue weighted by Crippen LogP contribution is 2.36. The number of methoxy groups -OCH3 is 1. The van der Waals surface area contributed by atoms with E-state index in [-0.39, 0.29) is 5.91 Å². The molecule has 0 saturated heterocycles. The SMILES string of the molecule is COc1cccc2c1OCCCN(C(=O)c1sc3ncnc(NCCc4ccccn4)c3c1C)C2. The Balaban J connectivity index is 1.40. The first-order valence-corrected chi connectivity index (χ1v) is 12.4. The molecule has 1 N–H and O–H groups in total. The number of anilines is 1. The van der Waals surface area contributed by atoms with Gasteiger partial charge in [-0.2, -0.15) is 0 Å². The number of ether oxygens (including phenoxy) is 2. The van der Waals surface area contributed by atoms with Gasteiger partial charge in [0.25, 0.3) is 5.91 Å². The second kappa shape index (κ2) is 10.3. The van der Waals surface area contributed by atoms with Crippen LogP contribution >= 0.6 is 11.3 Å². The molecule has 1 aromatic carbocycles. The molecule has 0 unspecified atom stereocenters. The number of thiophene rings is 1. The Kier molecular flexibility index (Phi) is 6.76. The first-order valence-electron chi connectivity index (χ1n) is 11.6. The van der Waals surface area contributed by atoms with Crippen LogP contribution in [0.2, 0.25) is 0 Å². The van der Waals surface area contributed by atoms with Gasteiger partial charge in [-0.3, -0.25) is 9.78 Å². The molecule has 0 aliphatic carbocycles. The Hall–Kier alpha value is -3.72. The van der Waals surface area contributed by atoms with E-state index in [9.17, 15) is 4.79 Å². The Bertz CT molecular complexity index is 1340. The fourth-order valence-corrected chi connectivity index (χ4v) is 5.42. The van der Waals surface area contributed by atoms with Gasteiger partial charge in [-0.25, -0.2) is 9.97 Å². The van der Waals surface area contributed by atoms with Gasteiger partial charge in [0.1, 0.15) is 17.0 Å². The lowest BCUT2D eigenvalue weighted by Gasteiger charge is -2.27. The summed E-state index contributed by atoms with van der Waals surface area (Å²) in [6.07, 6.45) is 4.86. The van der Waals surface area contributed by atoms with Crippen molar-refractivity contribution in [3.05, 3.63) is 70.6 Å². The summed E-state index contributed by atoms with van der Waals surface area (Å²) in [6, 6.07) is 11.7. The van der Waals surface area contributed by atoms with E-state index in [1.807, 2.05) is 48.2 Å². The molecule has 0 radical (unpaired) electrons. The lowest BCUT2D eigenvalue weighted by Crippen LogP contribution is -2.33. The highest BCUT2D eigenvalue weighted by Gasteiger charge is 2.26. The number of nitrogens with one attached hydrogen (secondary N) is 1. The lowest BCUT2D eigenvalue weighted by atomic mass is 10.1. The molecule has 0 fully saturated rings. The first kappa shape index (κ1) is 23.0. The fourth-order valence-electron chi connectivity index (χ4n) is 4.31. The number of benzene rings is 1. The van der Waals surface area contributed by atoms with Crippen LogP contribution in [-0.2, 0) is 13.0 Å². The topological polar surface area (TPSA) is 89.5 Å². The van der Waals surface area contributed by atoms with Crippen molar-refractivity contribution in [2.45, 2.75) is 26.3 Å². The second-order valence-electron chi connectivity index (χ2n) is 8.33. The van der Waals surface area contributed by atoms with Gasteiger partial charge in [-0.05, 0) is 37.1 Å². The lowest BCUT2D eigenvalue weighted by molar-refractivity contribution is 0.0725. The summed E-state index contributed by atoms with van der Waals surface area (Å²) >= 11 is 1.42. The van der Waals surface area contributed by atoms with Crippen LogP contribution in [0, 0.1) is 6.92 Å². The molecule has 5 rings (SSSR count). The van der Waals surface area contributed by atoms with E-state index in [2.05, 4.69) is 20.3 Å². The van der Waals surface area contributed by atoms with Gasteiger partial charge in [-0.1, -0.05) is 18.2 Å². The molecule has 4 heterocycles. The molecular weight excluding hydrogens is 462 g/mol. The van der Waals surface area contributed by atoms with E-state index < -0.39 is 0 Å². The summed E-state index contributed by atoms with van der Waals surface area (Å²) in [6.45, 7) is 4.26. The van der Waals surface area contributed by atoms with Gasteiger partial charge < -0.3 is 19.7 Å². The van der Waals surface area contributed by atoms with Crippen LogP contribution < -0.4 is 14.8 Å². The molecule has 3 aromatic heterocycles. The fraction of sp³-hybridized carbons (Fsp3) is 0.308. The number of para-hydroxylation sites is 1. The molecule has 180 valence electrons. The third-order valence-corrected chi connectivity index (χ3v) is 7.26. The summed E-state index contributed by atoms with van der Waals surface area (Å²) in [5, 5.41) is 4.32. The molecule has 0 atom stereocenters. The summed E-state index contributed by atoms with van der Waals surface area (Å²) in [5.74, 6) is 2.15. The Labute approximate surface area is 208 Å². The maximum Gasteiger partial charge on any atom is 0.264 e. The number of rotatable bonds is 6. The van der Waals surface area contributed by atoms with Gasteiger partial charge in [0.15, 0.2) is 11.5 Å². The number of carbonyl (C=O) groups is 1. The number of aryl methyl sites for hydroxylation is 1. The minimum Gasteiger partial charge on any atom is -0.493 e. The summed E-state index contributed by atoms with van der Waals surface area (Å²) in [5.41, 5.74) is 2.86. The van der Waals surface area contributed by atoms with E-state index in [1.165, 1.54) is 11.3 Å². The standard InChI is InChI=1S/C26H27N5O3S/c1-17-21-24(28-12-10-19-8-3-4-11-27-19)29-16-30-25(21)35-23(17)26(32)31-13-6-14-34-22-18(15-31)7-5-9-20(22)33-2/h3-5,7-9,11,16H,6,10,12-15H2,1-2H3,(H,28,29,30). The predicted molar refractivity (Wildman–Crippen MR) is 136 cm³/mol. The van der Waals surface area contributed by atoms with E-state index in [4.69, 9.17) is 9.47 Å². The molecule has 1 amide bonds. The quantitative estimate of drug-likeness (QED) is 0.427. The van der Waals surface area contributed by atoms with Gasteiger partial charge in [-0.15, -0.1) is 11.3 Å². The number of aromatic nitrogens is 3. The van der Waals surface area contributed by atoms with Crippen molar-refractivity contribution >= 4 is 33.3 Å². The molecule has 0 saturated carbocycles. The zero-order valence-electron chi connectivity index (χ0n) is 19.8. The molecule has 0 bridgehead atoms. The van der Waals surface area contributed by atoms with Crippen LogP contribution in [0.15, 0.2) is 48.9 Å². The number of nitrogens with zero attached hydrogens (tertiary/aromatic N) is 4. The van der Waals surface area contributed by atoms with Crippen LogP contribution in [0.4, 0.5) is 5.82 Å². The maximum absolute atomic E-state index is 13.7. The summed E-state index contributed by atoms with van der Waals surface area (Å²) in [4.78, 5) is 30.4. The van der Waals surface area contributed by atoms with E-state index >= 15 is 0 Å². The number of hydrogen-bond acceptors (Lipinski definition) is 8. The van der Waals surface area contributed by atoms with Crippen LogP contribution in [0.25, 0.3) is 10.2 Å². The zero-order valence-corrected chi connectivity index (χ0v) is 20.6. The Morgan fingerprint density at radius 3 is 2.94 bits per heavy atom. The molecule has 35 heavy (non-hydrogen) atoms. The van der Waals surface area contributed by atoms with Crippen molar-refractivity contribution in [3.8, 4) is 11.5 Å². The molecular formula is C26H27N5O3S. The van der Waals surface area contributed by atoms with Crippen LogP contribution in [-0.4, -0.2) is 52.6 Å². The molecule has 1 aliphatic rings. The van der Waals surface area contributed by atoms with Crippen LogP contribution in [0.3, 0.4) is 0 Å². The number of pyridine rings is 1. The van der Waals surface area contributed by atoms with Crippen LogP contribution in [0.5, 0.6) is 11.5 Å². The average molecular weight is 490 g/mol. The molecule has 8 nitrogen and oxygen atoms in total. The predicted octanol–water partition coefficient (Wildman–Crippen LogP) is 4.48. The third-order valence-electron chi connectivity index (χ3n) is 6.07. The van der Waals surface area contributed by atoms with E-state index in [0.29, 0.717) is 42.6 Å². The van der Waals surface area contributed by atoms with E-state index in [1.54, 1.807) is 19.6 Å². The second-order valence-corrected chi connectivity index (χ2v) is 9.33. The summed E-state index contributed by atoms with van der Waals surface area (Å²) in [7, 11) is 1.63. The molecule has 4 aromatic rings. The van der Waals surface area contributed by atoms with Crippen molar-refractivity contribution < 1.29 is 14.3 Å². The van der Waals surface area contributed by atoms with Crippen molar-refractivity contribution in [2.24, 2.45) is 0 Å². The summed E-state index contributed by atoms with van der Waals surface area (Å²) < 4.78 is 11.4. The normalized spacial score (nSPS) is 13.5. The minimum absolute atomic E-state index is 0.000561. The van der Waals surface area contributed by atoms with Crippen molar-refractivity contribution in [2.75, 3.05) is 32.1 Å². The van der Waals surface area contributed by atoms with Crippen molar-refractivity contribution in [1.29, 1.82) is 0 Å². The Morgan fingerprint density at radius 2 is 2.11 bits per heavy atom. The number of hydrogen-bond donors (Lipinski definition) is 1. The minimum atomic E-state index is 0.000561. The number of amides is 1. The first-order chi connectivity index (χ1) is 17.2. The molecule has 9 heteroatoms. The van der Waals surface area contributed by atoms with Crippen LogP contribution in [0.1, 0.15) is 32.9 Å². The molecule has 0 spiro atoms. The monoisotopic (exact) mass is 489 g/mol. The number of fused-ring (bicyclic) bond motifs is 2. The van der Waals surface area contributed by atoms with E-state index in [0.717, 1.165) is 45.7 Å². The van der Waals surface area contributed by atoms with Gasteiger partial charge in [0.05, 0.1) is 24.0 Å². The Morgan fingerprint density at radius 1 is 1.20 bits per heavy atom. The van der Waals surface area contributed by atoms with Gasteiger partial charge in [0.2, 0.25) is 0 Å². The van der Waals surface area contributed by atoms with Gasteiger partial charge >= 0.3 is 0 Å². The maximum atomic E-state index is 13.7. The zero-order chi connectivity index (χ0) is 24.2.